The number of nitrogens with one attached hydrogen (secondary N) is 2. The van der Waals surface area contributed by atoms with Gasteiger partial charge in [0.2, 0.25) is 23.6 Å². The van der Waals surface area contributed by atoms with Crippen LogP contribution in [0.2, 0.25) is 0 Å². The third-order valence-corrected chi connectivity index (χ3v) is 6.01. The second kappa shape index (κ2) is 14.2. The smallest absolute Gasteiger partial charge is 0.248 e. The van der Waals surface area contributed by atoms with Gasteiger partial charge < -0.3 is 31.9 Å². The average molecular weight is 487 g/mol. The number of amides is 4. The van der Waals surface area contributed by atoms with E-state index in [2.05, 4.69) is 10.6 Å². The highest BCUT2D eigenvalue weighted by Crippen LogP contribution is 2.10. The SMILES string of the molecule is CC(NCCCCCCCNC(C)C(=O)N1C=CC(C(N)=O)=CC1)C(=O)N1C=CC(C(N)=O)=CC1. The number of nitrogens with zero attached hydrogens (tertiary/aromatic N) is 2. The fourth-order valence-corrected chi connectivity index (χ4v) is 3.77. The first-order valence-electron chi connectivity index (χ1n) is 12.1. The maximum absolute atomic E-state index is 12.5. The fourth-order valence-electron chi connectivity index (χ4n) is 3.77. The van der Waals surface area contributed by atoms with Gasteiger partial charge in [-0.25, -0.2) is 0 Å². The summed E-state index contributed by atoms with van der Waals surface area (Å²) in [5.74, 6) is -1.07. The Morgan fingerprint density at radius 3 is 1.43 bits per heavy atom. The van der Waals surface area contributed by atoms with E-state index in [1.54, 1.807) is 46.5 Å². The molecule has 2 aliphatic heterocycles. The van der Waals surface area contributed by atoms with Crippen molar-refractivity contribution in [2.45, 2.75) is 58.0 Å². The summed E-state index contributed by atoms with van der Waals surface area (Å²) in [6, 6.07) is -0.613. The minimum absolute atomic E-state index is 0.0415. The molecule has 0 aromatic rings. The summed E-state index contributed by atoms with van der Waals surface area (Å²) in [6.07, 6.45) is 14.8. The first-order chi connectivity index (χ1) is 16.7. The molecule has 10 heteroatoms. The van der Waals surface area contributed by atoms with Crippen LogP contribution in [-0.2, 0) is 19.2 Å². The second-order valence-corrected chi connectivity index (χ2v) is 8.78. The molecule has 0 spiro atoms. The first-order valence-corrected chi connectivity index (χ1v) is 12.1. The fraction of sp³-hybridized carbons (Fsp3) is 0.520. The molecule has 0 bridgehead atoms. The van der Waals surface area contributed by atoms with Crippen molar-refractivity contribution >= 4 is 23.6 Å². The van der Waals surface area contributed by atoms with Gasteiger partial charge in [0.25, 0.3) is 0 Å². The third-order valence-electron chi connectivity index (χ3n) is 6.01. The molecule has 2 heterocycles. The Hall–Kier alpha value is -3.24. The van der Waals surface area contributed by atoms with E-state index in [0.29, 0.717) is 24.2 Å². The van der Waals surface area contributed by atoms with Crippen molar-refractivity contribution in [2.24, 2.45) is 11.5 Å². The summed E-state index contributed by atoms with van der Waals surface area (Å²) >= 11 is 0. The van der Waals surface area contributed by atoms with Gasteiger partial charge in [0.05, 0.1) is 12.1 Å². The van der Waals surface area contributed by atoms with Crippen molar-refractivity contribution in [1.82, 2.24) is 20.4 Å². The number of carbonyl (C=O) groups is 4. The van der Waals surface area contributed by atoms with Crippen molar-refractivity contribution in [1.29, 1.82) is 0 Å². The molecule has 0 aromatic carbocycles. The molecule has 2 atom stereocenters. The predicted molar refractivity (Wildman–Crippen MR) is 134 cm³/mol. The number of hydrogen-bond donors (Lipinski definition) is 4. The van der Waals surface area contributed by atoms with Crippen LogP contribution >= 0.6 is 0 Å². The van der Waals surface area contributed by atoms with Gasteiger partial charge >= 0.3 is 0 Å². The minimum atomic E-state index is -0.493. The Bertz CT molecular complexity index is 836. The summed E-state index contributed by atoms with van der Waals surface area (Å²) in [5.41, 5.74) is 11.3. The first kappa shape index (κ1) is 28.0. The summed E-state index contributed by atoms with van der Waals surface area (Å²) in [5, 5.41) is 6.51. The largest absolute Gasteiger partial charge is 0.366 e. The molecule has 0 aliphatic carbocycles. The molecule has 10 nitrogen and oxygen atoms in total. The number of carbonyl (C=O) groups excluding carboxylic acids is 4. The van der Waals surface area contributed by atoms with Gasteiger partial charge in [-0.15, -0.1) is 0 Å². The van der Waals surface area contributed by atoms with Crippen LogP contribution in [0.5, 0.6) is 0 Å². The molecule has 2 unspecified atom stereocenters. The Morgan fingerprint density at radius 1 is 0.743 bits per heavy atom. The molecular formula is C25H38N6O4. The zero-order valence-corrected chi connectivity index (χ0v) is 20.7. The zero-order valence-electron chi connectivity index (χ0n) is 20.7. The van der Waals surface area contributed by atoms with Crippen LogP contribution in [0.3, 0.4) is 0 Å². The number of unbranched alkanes of at least 4 members (excludes halogenated alkanes) is 4. The quantitative estimate of drug-likeness (QED) is 0.261. The lowest BCUT2D eigenvalue weighted by atomic mass is 10.1. The van der Waals surface area contributed by atoms with Crippen LogP contribution in [0.4, 0.5) is 0 Å². The van der Waals surface area contributed by atoms with Crippen LogP contribution in [0.15, 0.2) is 47.9 Å². The van der Waals surface area contributed by atoms with E-state index in [9.17, 15) is 19.2 Å². The van der Waals surface area contributed by atoms with Gasteiger partial charge in [-0.3, -0.25) is 19.2 Å². The molecule has 0 radical (unpaired) electrons. The standard InChI is InChI=1S/C25H38N6O4/c1-18(24(34)30-14-8-20(9-15-30)22(26)32)28-12-6-4-3-5-7-13-29-19(2)25(35)31-16-10-21(11-17-31)23(27)33/h8-11,14,16,18-19,28-29H,3-7,12-13,15,17H2,1-2H3,(H2,26,32)(H2,27,33). The Labute approximate surface area is 207 Å². The predicted octanol–water partition coefficient (Wildman–Crippen LogP) is 0.428. The van der Waals surface area contributed by atoms with Crippen LogP contribution in [0.1, 0.15) is 46.0 Å². The van der Waals surface area contributed by atoms with Gasteiger partial charge in [-0.2, -0.15) is 0 Å². The number of primary amides is 2. The van der Waals surface area contributed by atoms with E-state index >= 15 is 0 Å². The molecule has 6 N–H and O–H groups in total. The van der Waals surface area contributed by atoms with Crippen LogP contribution in [0, 0.1) is 0 Å². The number of hydrogen-bond acceptors (Lipinski definition) is 6. The summed E-state index contributed by atoms with van der Waals surface area (Å²) in [4.78, 5) is 50.4. The lowest BCUT2D eigenvalue weighted by Gasteiger charge is -2.24. The van der Waals surface area contributed by atoms with Gasteiger partial charge in [-0.1, -0.05) is 31.4 Å². The highest BCUT2D eigenvalue weighted by molar-refractivity contribution is 5.96. The molecule has 0 saturated heterocycles. The molecule has 2 aliphatic rings. The van der Waals surface area contributed by atoms with Gasteiger partial charge in [0.15, 0.2) is 0 Å². The van der Waals surface area contributed by atoms with Gasteiger partial charge in [0, 0.05) is 36.6 Å². The van der Waals surface area contributed by atoms with Crippen LogP contribution in [-0.4, -0.2) is 71.7 Å². The van der Waals surface area contributed by atoms with E-state index in [-0.39, 0.29) is 23.9 Å². The van der Waals surface area contributed by atoms with E-state index < -0.39 is 11.8 Å². The highest BCUT2D eigenvalue weighted by Gasteiger charge is 2.21. The maximum atomic E-state index is 12.5. The van der Waals surface area contributed by atoms with Crippen LogP contribution in [0.25, 0.3) is 0 Å². The van der Waals surface area contributed by atoms with Crippen LogP contribution < -0.4 is 22.1 Å². The van der Waals surface area contributed by atoms with E-state index in [1.165, 1.54) is 0 Å². The summed E-state index contributed by atoms with van der Waals surface area (Å²) < 4.78 is 0. The molecule has 192 valence electrons. The molecule has 2 rings (SSSR count). The van der Waals surface area contributed by atoms with Crippen molar-refractivity contribution < 1.29 is 19.2 Å². The lowest BCUT2D eigenvalue weighted by molar-refractivity contribution is -0.130. The number of nitrogens with two attached hydrogens (primary N) is 2. The van der Waals surface area contributed by atoms with Crippen molar-refractivity contribution in [3.63, 3.8) is 0 Å². The van der Waals surface area contributed by atoms with Gasteiger partial charge in [-0.05, 0) is 51.9 Å². The molecule has 0 fully saturated rings. The Balaban J connectivity index is 1.49. The highest BCUT2D eigenvalue weighted by atomic mass is 16.2. The van der Waals surface area contributed by atoms with Gasteiger partial charge in [0.1, 0.15) is 0 Å². The van der Waals surface area contributed by atoms with E-state index in [4.69, 9.17) is 11.5 Å². The third kappa shape index (κ3) is 9.14. The average Bonchev–Trinajstić information content (AvgIpc) is 2.86. The number of rotatable bonds is 14. The van der Waals surface area contributed by atoms with E-state index in [1.807, 2.05) is 13.8 Å². The Morgan fingerprint density at radius 2 is 1.11 bits per heavy atom. The Kier molecular flexibility index (Phi) is 11.4. The molecule has 0 saturated carbocycles. The molecule has 0 aromatic heterocycles. The lowest BCUT2D eigenvalue weighted by Crippen LogP contribution is -2.43. The maximum Gasteiger partial charge on any atom is 0.248 e. The summed E-state index contributed by atoms with van der Waals surface area (Å²) in [6.45, 7) is 5.88. The topological polar surface area (TPSA) is 151 Å². The molecule has 35 heavy (non-hydrogen) atoms. The van der Waals surface area contributed by atoms with Crippen molar-refractivity contribution in [3.8, 4) is 0 Å². The zero-order chi connectivity index (χ0) is 25.8. The molecular weight excluding hydrogens is 448 g/mol. The van der Waals surface area contributed by atoms with E-state index in [0.717, 1.165) is 45.2 Å². The van der Waals surface area contributed by atoms with Crippen molar-refractivity contribution in [3.05, 3.63) is 47.9 Å². The minimum Gasteiger partial charge on any atom is -0.366 e. The molecule has 4 amide bonds. The normalized spacial score (nSPS) is 17.0. The monoisotopic (exact) mass is 486 g/mol. The summed E-state index contributed by atoms with van der Waals surface area (Å²) in [7, 11) is 0. The second-order valence-electron chi connectivity index (χ2n) is 8.78. The van der Waals surface area contributed by atoms with Crippen molar-refractivity contribution in [2.75, 3.05) is 26.2 Å².